The minimum Gasteiger partial charge on any atom is -0.494 e. The number of nitrogens with zero attached hydrogens (tertiary/aromatic N) is 5. The fourth-order valence-corrected chi connectivity index (χ4v) is 7.92. The van der Waals surface area contributed by atoms with E-state index in [1.54, 1.807) is 53.8 Å². The van der Waals surface area contributed by atoms with E-state index in [-0.39, 0.29) is 31.0 Å². The van der Waals surface area contributed by atoms with Crippen LogP contribution in [0.15, 0.2) is 34.7 Å². The van der Waals surface area contributed by atoms with Crippen LogP contribution in [0.4, 0.5) is 5.95 Å². The Bertz CT molecular complexity index is 1520. The molecule has 2 aromatic heterocycles. The highest BCUT2D eigenvalue weighted by atomic mass is 32.2. The van der Waals surface area contributed by atoms with Crippen molar-refractivity contribution in [1.29, 1.82) is 0 Å². The number of benzene rings is 1. The second-order valence-electron chi connectivity index (χ2n) is 12.4. The molecule has 0 aliphatic carbocycles. The number of hydrogen-bond donors (Lipinski definition) is 0. The number of hydrogen-bond acceptors (Lipinski definition) is 9. The van der Waals surface area contributed by atoms with Gasteiger partial charge in [-0.2, -0.15) is 0 Å². The molecule has 1 amide bonds. The minimum atomic E-state index is -4.09. The molecule has 1 saturated heterocycles. The maximum atomic E-state index is 14.6. The van der Waals surface area contributed by atoms with Crippen LogP contribution in [-0.4, -0.2) is 94.4 Å². The van der Waals surface area contributed by atoms with Gasteiger partial charge < -0.3 is 23.5 Å². The molecule has 2 atom stereocenters. The van der Waals surface area contributed by atoms with Gasteiger partial charge in [0, 0.05) is 34.7 Å². The quantitative estimate of drug-likeness (QED) is 0.228. The van der Waals surface area contributed by atoms with Gasteiger partial charge >= 0.3 is 0 Å². The molecule has 1 aromatic carbocycles. The Labute approximate surface area is 261 Å². The van der Waals surface area contributed by atoms with E-state index in [1.807, 2.05) is 6.92 Å². The van der Waals surface area contributed by atoms with Crippen LogP contribution in [0.5, 0.6) is 11.5 Å². The van der Waals surface area contributed by atoms with Crippen molar-refractivity contribution in [2.75, 3.05) is 45.3 Å². The SMILES string of the molecule is COC[C@@H]1CCCC(=O)N1C[C@H](C)S(=O)(=O)N(CC[Si](C)(C)C)c1nnc(-c2ccc(C)o2)n1-c1c(OC)cccc1OC. The first-order valence-corrected chi connectivity index (χ1v) is 20.1. The van der Waals surface area contributed by atoms with E-state index in [0.717, 1.165) is 12.8 Å². The largest absolute Gasteiger partial charge is 0.494 e. The van der Waals surface area contributed by atoms with Gasteiger partial charge in [-0.05, 0) is 57.0 Å². The van der Waals surface area contributed by atoms with E-state index in [2.05, 4.69) is 29.8 Å². The van der Waals surface area contributed by atoms with E-state index in [4.69, 9.17) is 18.6 Å². The number of amides is 1. The Balaban J connectivity index is 1.90. The van der Waals surface area contributed by atoms with Crippen LogP contribution >= 0.6 is 0 Å². The summed E-state index contributed by atoms with van der Waals surface area (Å²) in [4.78, 5) is 14.6. The van der Waals surface area contributed by atoms with Gasteiger partial charge in [-0.25, -0.2) is 12.7 Å². The van der Waals surface area contributed by atoms with Crippen molar-refractivity contribution in [1.82, 2.24) is 19.7 Å². The molecule has 0 saturated carbocycles. The zero-order valence-corrected chi connectivity index (χ0v) is 28.8. The third-order valence-electron chi connectivity index (χ3n) is 7.84. The molecule has 0 spiro atoms. The topological polar surface area (TPSA) is 129 Å². The zero-order valence-electron chi connectivity index (χ0n) is 27.0. The Morgan fingerprint density at radius 1 is 1.09 bits per heavy atom. The number of aryl methyl sites for hydroxylation is 1. The van der Waals surface area contributed by atoms with Gasteiger partial charge in [-0.15, -0.1) is 10.2 Å². The van der Waals surface area contributed by atoms with Crippen LogP contribution in [0.2, 0.25) is 25.7 Å². The number of likely N-dealkylation sites (tertiary alicyclic amines) is 1. The average molecular weight is 648 g/mol. The summed E-state index contributed by atoms with van der Waals surface area (Å²) >= 11 is 0. The van der Waals surface area contributed by atoms with Crippen molar-refractivity contribution in [3.05, 3.63) is 36.1 Å². The Morgan fingerprint density at radius 3 is 2.34 bits per heavy atom. The first kappa shape index (κ1) is 33.5. The van der Waals surface area contributed by atoms with E-state index >= 15 is 0 Å². The van der Waals surface area contributed by atoms with Crippen molar-refractivity contribution in [2.24, 2.45) is 0 Å². The third-order valence-corrected chi connectivity index (χ3v) is 11.7. The van der Waals surface area contributed by atoms with Crippen LogP contribution in [0.1, 0.15) is 31.9 Å². The lowest BCUT2D eigenvalue weighted by molar-refractivity contribution is -0.137. The first-order chi connectivity index (χ1) is 20.8. The second kappa shape index (κ2) is 13.7. The average Bonchev–Trinajstić information content (AvgIpc) is 3.59. The summed E-state index contributed by atoms with van der Waals surface area (Å²) in [5.41, 5.74) is 0.439. The smallest absolute Gasteiger partial charge is 0.246 e. The predicted octanol–water partition coefficient (Wildman–Crippen LogP) is 4.74. The summed E-state index contributed by atoms with van der Waals surface area (Å²) in [5.74, 6) is 2.26. The number of aromatic nitrogens is 3. The second-order valence-corrected chi connectivity index (χ2v) is 20.3. The van der Waals surface area contributed by atoms with E-state index in [1.165, 1.54) is 18.5 Å². The summed E-state index contributed by atoms with van der Waals surface area (Å²) in [6, 6.07) is 9.38. The van der Waals surface area contributed by atoms with E-state index in [9.17, 15) is 13.2 Å². The number of furan rings is 1. The molecule has 3 aromatic rings. The summed E-state index contributed by atoms with van der Waals surface area (Å²) in [5, 5.41) is 8.01. The molecular formula is C30H45N5O7SSi. The number of methoxy groups -OCH3 is 3. The molecule has 0 radical (unpaired) electrons. The van der Waals surface area contributed by atoms with Gasteiger partial charge in [0.25, 0.3) is 0 Å². The summed E-state index contributed by atoms with van der Waals surface area (Å²) in [7, 11) is -1.17. The van der Waals surface area contributed by atoms with Crippen molar-refractivity contribution in [3.8, 4) is 28.8 Å². The Kier molecular flexibility index (Phi) is 10.5. The first-order valence-electron chi connectivity index (χ1n) is 14.9. The highest BCUT2D eigenvalue weighted by Gasteiger charge is 2.39. The van der Waals surface area contributed by atoms with Crippen LogP contribution in [-0.2, 0) is 19.6 Å². The fourth-order valence-electron chi connectivity index (χ4n) is 5.38. The lowest BCUT2D eigenvalue weighted by atomic mass is 10.0. The van der Waals surface area contributed by atoms with Crippen molar-refractivity contribution >= 4 is 30.0 Å². The highest BCUT2D eigenvalue weighted by Crippen LogP contribution is 2.40. The van der Waals surface area contributed by atoms with Crippen LogP contribution in [0, 0.1) is 6.92 Å². The van der Waals surface area contributed by atoms with Crippen LogP contribution < -0.4 is 13.8 Å². The maximum Gasteiger partial charge on any atom is 0.246 e. The molecular weight excluding hydrogens is 603 g/mol. The van der Waals surface area contributed by atoms with Gasteiger partial charge in [0.15, 0.2) is 5.76 Å². The molecule has 1 aliphatic rings. The van der Waals surface area contributed by atoms with E-state index < -0.39 is 23.3 Å². The summed E-state index contributed by atoms with van der Waals surface area (Å²) < 4.78 is 55.0. The van der Waals surface area contributed by atoms with Gasteiger partial charge in [0.2, 0.25) is 27.7 Å². The molecule has 0 bridgehead atoms. The number of para-hydroxylation sites is 1. The van der Waals surface area contributed by atoms with Crippen molar-refractivity contribution in [2.45, 2.75) is 70.1 Å². The number of carbonyl (C=O) groups is 1. The molecule has 4 rings (SSSR count). The molecule has 12 nitrogen and oxygen atoms in total. The van der Waals surface area contributed by atoms with Gasteiger partial charge in [0.1, 0.15) is 22.9 Å². The third kappa shape index (κ3) is 7.13. The number of rotatable bonds is 14. The molecule has 0 N–H and O–H groups in total. The molecule has 1 fully saturated rings. The molecule has 44 heavy (non-hydrogen) atoms. The van der Waals surface area contributed by atoms with Gasteiger partial charge in [0.05, 0.1) is 32.1 Å². The number of carbonyl (C=O) groups excluding carboxylic acids is 1. The molecule has 14 heteroatoms. The standard InChI is InChI=1S/C30H45N5O7SSi/c1-21-15-16-26(42-21)29-31-32-30(35(29)28-24(40-4)12-10-13-25(28)41-5)34(17-18-44(6,7)8)43(37,38)22(2)19-33-23(20-39-3)11-9-14-27(33)36/h10,12-13,15-16,22-23H,9,11,14,17-20H2,1-8H3/t22-,23-/m0/s1. The number of piperidine rings is 1. The highest BCUT2D eigenvalue weighted by molar-refractivity contribution is 7.93. The van der Waals surface area contributed by atoms with Crippen LogP contribution in [0.3, 0.4) is 0 Å². The molecule has 3 heterocycles. The van der Waals surface area contributed by atoms with Gasteiger partial charge in [-0.3, -0.25) is 9.36 Å². The number of sulfonamides is 1. The predicted molar refractivity (Wildman–Crippen MR) is 172 cm³/mol. The Morgan fingerprint density at radius 2 is 1.77 bits per heavy atom. The van der Waals surface area contributed by atoms with Crippen LogP contribution in [0.25, 0.3) is 17.3 Å². The number of anilines is 1. The van der Waals surface area contributed by atoms with Crippen molar-refractivity contribution < 1.29 is 31.8 Å². The molecule has 242 valence electrons. The lowest BCUT2D eigenvalue weighted by Gasteiger charge is -2.38. The number of ether oxygens (including phenoxy) is 3. The maximum absolute atomic E-state index is 14.6. The van der Waals surface area contributed by atoms with Crippen molar-refractivity contribution in [3.63, 3.8) is 0 Å². The normalized spacial score (nSPS) is 16.7. The van der Waals surface area contributed by atoms with E-state index in [0.29, 0.717) is 53.6 Å². The summed E-state index contributed by atoms with van der Waals surface area (Å²) in [6.07, 6.45) is 1.91. The summed E-state index contributed by atoms with van der Waals surface area (Å²) in [6.45, 7) is 10.6. The monoisotopic (exact) mass is 647 g/mol. The molecule has 1 aliphatic heterocycles. The minimum absolute atomic E-state index is 0.0367. The molecule has 0 unspecified atom stereocenters. The zero-order chi connectivity index (χ0) is 32.2. The lowest BCUT2D eigenvalue weighted by Crippen LogP contribution is -2.52. The Hall–Kier alpha value is -3.36. The fraction of sp³-hybridized carbons (Fsp3) is 0.567. The van der Waals surface area contributed by atoms with Gasteiger partial charge in [-0.1, -0.05) is 25.7 Å².